The fraction of sp³-hybridized carbons (Fsp3) is 0.222. The Hall–Kier alpha value is -2.82. The molecule has 2 heterocycles. The van der Waals surface area contributed by atoms with E-state index in [1.807, 2.05) is 43.3 Å². The highest BCUT2D eigenvalue weighted by Crippen LogP contribution is 2.35. The van der Waals surface area contributed by atoms with Crippen LogP contribution >= 0.6 is 0 Å². The molecule has 2 aliphatic heterocycles. The average molecular weight is 306 g/mol. The molecule has 0 fully saturated rings. The summed E-state index contributed by atoms with van der Waals surface area (Å²) in [6, 6.07) is 14.0. The molecule has 4 rings (SSSR count). The summed E-state index contributed by atoms with van der Waals surface area (Å²) in [5.74, 6) is -0.108. The van der Waals surface area contributed by atoms with Crippen LogP contribution in [0.2, 0.25) is 0 Å². The quantitative estimate of drug-likeness (QED) is 0.759. The summed E-state index contributed by atoms with van der Waals surface area (Å²) in [6.45, 7) is 4.10. The Balaban J connectivity index is 1.66. The lowest BCUT2D eigenvalue weighted by Gasteiger charge is -2.35. The molecule has 23 heavy (non-hydrogen) atoms. The molecule has 0 bridgehead atoms. The Morgan fingerprint density at radius 3 is 2.48 bits per heavy atom. The van der Waals surface area contributed by atoms with Gasteiger partial charge in [-0.25, -0.2) is 0 Å². The van der Waals surface area contributed by atoms with E-state index in [2.05, 4.69) is 34.2 Å². The largest absolute Gasteiger partial charge is 0.352 e. The number of benzene rings is 2. The highest BCUT2D eigenvalue weighted by molar-refractivity contribution is 6.12. The number of amides is 1. The Bertz CT molecular complexity index is 828. The van der Waals surface area contributed by atoms with E-state index < -0.39 is 5.66 Å². The average Bonchev–Trinajstić information content (AvgIpc) is 2.97. The van der Waals surface area contributed by atoms with E-state index in [9.17, 15) is 4.79 Å². The molecule has 1 spiro atoms. The normalized spacial score (nSPS) is 22.0. The van der Waals surface area contributed by atoms with Crippen LogP contribution < -0.4 is 16.1 Å². The molecule has 2 aromatic carbocycles. The maximum absolute atomic E-state index is 12.6. The molecule has 5 nitrogen and oxygen atoms in total. The molecule has 5 heteroatoms. The number of aryl methyl sites for hydroxylation is 2. The number of anilines is 2. The van der Waals surface area contributed by atoms with Crippen LogP contribution in [-0.2, 0) is 4.79 Å². The van der Waals surface area contributed by atoms with Crippen LogP contribution in [0.3, 0.4) is 0 Å². The number of hydrazone groups is 1. The second-order valence-corrected chi connectivity index (χ2v) is 6.18. The van der Waals surface area contributed by atoms with Crippen molar-refractivity contribution in [3.63, 3.8) is 0 Å². The maximum Gasteiger partial charge on any atom is 0.272 e. The molecule has 0 saturated carbocycles. The van der Waals surface area contributed by atoms with Crippen molar-refractivity contribution in [1.29, 1.82) is 0 Å². The molecule has 3 N–H and O–H groups in total. The third kappa shape index (κ3) is 2.16. The zero-order valence-electron chi connectivity index (χ0n) is 13.1. The lowest BCUT2D eigenvalue weighted by molar-refractivity contribution is -0.121. The van der Waals surface area contributed by atoms with Crippen LogP contribution in [0.1, 0.15) is 23.1 Å². The van der Waals surface area contributed by atoms with Crippen molar-refractivity contribution in [3.8, 4) is 0 Å². The Morgan fingerprint density at radius 2 is 1.74 bits per heavy atom. The number of carbonyl (C=O) groups is 1. The molecule has 0 aliphatic carbocycles. The Morgan fingerprint density at radius 1 is 1.04 bits per heavy atom. The number of nitrogens with zero attached hydrogens (tertiary/aromatic N) is 1. The molecular formula is C18H18N4O. The van der Waals surface area contributed by atoms with E-state index in [0.29, 0.717) is 6.42 Å². The van der Waals surface area contributed by atoms with Crippen molar-refractivity contribution >= 4 is 23.0 Å². The molecular weight excluding hydrogens is 288 g/mol. The van der Waals surface area contributed by atoms with E-state index in [-0.39, 0.29) is 5.91 Å². The summed E-state index contributed by atoms with van der Waals surface area (Å²) >= 11 is 0. The number of fused-ring (bicyclic) bond motifs is 1. The minimum absolute atomic E-state index is 0.108. The fourth-order valence-electron chi connectivity index (χ4n) is 3.03. The molecule has 1 atom stereocenters. The van der Waals surface area contributed by atoms with Gasteiger partial charge in [0.15, 0.2) is 0 Å². The van der Waals surface area contributed by atoms with Crippen LogP contribution in [0.15, 0.2) is 47.6 Å². The number of hydrogen-bond donors (Lipinski definition) is 3. The second-order valence-electron chi connectivity index (χ2n) is 6.18. The molecule has 0 aromatic heterocycles. The lowest BCUT2D eigenvalue weighted by atomic mass is 9.95. The summed E-state index contributed by atoms with van der Waals surface area (Å²) in [5, 5.41) is 10.7. The summed E-state index contributed by atoms with van der Waals surface area (Å²) in [5.41, 5.74) is 8.07. The van der Waals surface area contributed by atoms with Crippen molar-refractivity contribution in [2.24, 2.45) is 5.10 Å². The first-order valence-corrected chi connectivity index (χ1v) is 7.67. The smallest absolute Gasteiger partial charge is 0.272 e. The van der Waals surface area contributed by atoms with Crippen molar-refractivity contribution in [2.45, 2.75) is 25.9 Å². The predicted octanol–water partition coefficient (Wildman–Crippen LogP) is 2.76. The van der Waals surface area contributed by atoms with E-state index in [0.717, 1.165) is 28.2 Å². The summed E-state index contributed by atoms with van der Waals surface area (Å²) in [6.07, 6.45) is 0.495. The highest BCUT2D eigenvalue weighted by Gasteiger charge is 2.46. The second kappa shape index (κ2) is 4.84. The first kappa shape index (κ1) is 13.8. The molecule has 0 saturated heterocycles. The van der Waals surface area contributed by atoms with Crippen molar-refractivity contribution < 1.29 is 4.79 Å². The van der Waals surface area contributed by atoms with Gasteiger partial charge in [-0.15, -0.1) is 0 Å². The van der Waals surface area contributed by atoms with E-state index >= 15 is 0 Å². The zero-order chi connectivity index (χ0) is 16.0. The molecule has 1 unspecified atom stereocenters. The minimum atomic E-state index is -0.917. The van der Waals surface area contributed by atoms with E-state index in [1.54, 1.807) is 0 Å². The predicted molar refractivity (Wildman–Crippen MR) is 91.6 cm³/mol. The van der Waals surface area contributed by atoms with Crippen molar-refractivity contribution in [1.82, 2.24) is 5.43 Å². The molecule has 1 amide bonds. The van der Waals surface area contributed by atoms with Crippen LogP contribution in [0.4, 0.5) is 11.4 Å². The topological polar surface area (TPSA) is 65.5 Å². The van der Waals surface area contributed by atoms with Gasteiger partial charge in [0, 0.05) is 6.42 Å². The SMILES string of the molecule is Cc1cc2c(cc1C)NC1(CC(c3ccccc3)=NN1)C(=O)N2. The van der Waals surface area contributed by atoms with Gasteiger partial charge >= 0.3 is 0 Å². The van der Waals surface area contributed by atoms with Crippen LogP contribution in [0, 0.1) is 13.8 Å². The summed E-state index contributed by atoms with van der Waals surface area (Å²) in [4.78, 5) is 12.6. The van der Waals surface area contributed by atoms with Gasteiger partial charge in [0.2, 0.25) is 5.66 Å². The summed E-state index contributed by atoms with van der Waals surface area (Å²) in [7, 11) is 0. The van der Waals surface area contributed by atoms with Gasteiger partial charge in [0.05, 0.1) is 17.1 Å². The number of hydrogen-bond acceptors (Lipinski definition) is 4. The third-order valence-electron chi connectivity index (χ3n) is 4.54. The van der Waals surface area contributed by atoms with Gasteiger partial charge in [-0.3, -0.25) is 10.2 Å². The van der Waals surface area contributed by atoms with Gasteiger partial charge in [-0.05, 0) is 42.7 Å². The van der Waals surface area contributed by atoms with Crippen LogP contribution in [0.5, 0.6) is 0 Å². The highest BCUT2D eigenvalue weighted by atomic mass is 16.2. The lowest BCUT2D eigenvalue weighted by Crippen LogP contribution is -2.59. The van der Waals surface area contributed by atoms with Gasteiger partial charge in [0.1, 0.15) is 0 Å². The third-order valence-corrected chi connectivity index (χ3v) is 4.54. The van der Waals surface area contributed by atoms with E-state index in [1.165, 1.54) is 5.56 Å². The molecule has 0 radical (unpaired) electrons. The Labute approximate surface area is 134 Å². The maximum atomic E-state index is 12.6. The molecule has 2 aromatic rings. The van der Waals surface area contributed by atoms with Gasteiger partial charge in [0.25, 0.3) is 5.91 Å². The van der Waals surface area contributed by atoms with Crippen LogP contribution in [-0.4, -0.2) is 17.3 Å². The minimum Gasteiger partial charge on any atom is -0.352 e. The van der Waals surface area contributed by atoms with Gasteiger partial charge in [-0.2, -0.15) is 5.10 Å². The number of carbonyl (C=O) groups excluding carboxylic acids is 1. The zero-order valence-corrected chi connectivity index (χ0v) is 13.1. The monoisotopic (exact) mass is 306 g/mol. The standard InChI is InChI=1S/C18H18N4O/c1-11-8-14-15(9-12(11)2)20-18(17(23)19-14)10-16(21-22-18)13-6-4-3-5-7-13/h3-9,20,22H,10H2,1-2H3,(H,19,23). The number of rotatable bonds is 1. The fourth-order valence-corrected chi connectivity index (χ4v) is 3.03. The first-order chi connectivity index (χ1) is 11.1. The van der Waals surface area contributed by atoms with Crippen molar-refractivity contribution in [3.05, 3.63) is 59.2 Å². The van der Waals surface area contributed by atoms with Gasteiger partial charge in [-0.1, -0.05) is 30.3 Å². The summed E-state index contributed by atoms with van der Waals surface area (Å²) < 4.78 is 0. The molecule has 2 aliphatic rings. The van der Waals surface area contributed by atoms with E-state index in [4.69, 9.17) is 0 Å². The Kier molecular flexibility index (Phi) is 2.91. The van der Waals surface area contributed by atoms with Crippen molar-refractivity contribution in [2.75, 3.05) is 10.6 Å². The van der Waals surface area contributed by atoms with Gasteiger partial charge < -0.3 is 10.6 Å². The molecule has 116 valence electrons. The van der Waals surface area contributed by atoms with Crippen LogP contribution in [0.25, 0.3) is 0 Å². The number of nitrogens with one attached hydrogen (secondary N) is 3. The first-order valence-electron chi connectivity index (χ1n) is 7.67.